The number of aliphatic hydroxyl groups is 1. The Bertz CT molecular complexity index is 738. The summed E-state index contributed by atoms with van der Waals surface area (Å²) in [5.41, 5.74) is 0.525. The molecule has 172 valence electrons. The number of carboxylic acids is 1. The molecule has 0 heterocycles. The normalized spacial score (nSPS) is 12.2. The number of ether oxygens (including phenoxy) is 1. The van der Waals surface area contributed by atoms with Crippen molar-refractivity contribution in [3.63, 3.8) is 0 Å². The van der Waals surface area contributed by atoms with Gasteiger partial charge in [-0.3, -0.25) is 19.2 Å². The molecule has 0 bridgehead atoms. The average molecular weight is 438 g/mol. The fraction of sp³-hybridized carbons (Fsp3) is 0.500. The fourth-order valence-electron chi connectivity index (χ4n) is 2.41. The Morgan fingerprint density at radius 3 is 2.29 bits per heavy atom. The van der Waals surface area contributed by atoms with E-state index in [-0.39, 0.29) is 38.4 Å². The van der Waals surface area contributed by atoms with E-state index in [2.05, 4.69) is 21.3 Å². The van der Waals surface area contributed by atoms with Crippen LogP contribution in [0.1, 0.15) is 33.1 Å². The summed E-state index contributed by atoms with van der Waals surface area (Å²) < 4.78 is 5.45. The number of amides is 3. The first-order chi connectivity index (χ1) is 14.7. The van der Waals surface area contributed by atoms with Crippen molar-refractivity contribution in [2.75, 3.05) is 25.0 Å². The maximum absolute atomic E-state index is 12.5. The van der Waals surface area contributed by atoms with E-state index >= 15 is 0 Å². The van der Waals surface area contributed by atoms with Gasteiger partial charge in [-0.25, -0.2) is 0 Å². The van der Waals surface area contributed by atoms with Gasteiger partial charge in [0.15, 0.2) is 6.17 Å². The fourth-order valence-corrected chi connectivity index (χ4v) is 2.41. The molecular weight excluding hydrogens is 408 g/mol. The minimum Gasteiger partial charge on any atom is -0.494 e. The van der Waals surface area contributed by atoms with Gasteiger partial charge in [-0.2, -0.15) is 0 Å². The molecule has 31 heavy (non-hydrogen) atoms. The van der Waals surface area contributed by atoms with Crippen LogP contribution in [0.15, 0.2) is 24.3 Å². The van der Waals surface area contributed by atoms with Crippen molar-refractivity contribution >= 4 is 29.4 Å². The maximum Gasteiger partial charge on any atom is 0.303 e. The standard InChI is InChI=1S/C20H30N4O7/c1-13(25)12-17(27)24-19(20(30)22-10-9-21-14(2)26)23-15-5-7-16(8-6-15)31-11-3-4-18(28)29/h5-8,13,19,23,25H,3-4,9-12H2,1-2H3,(H,21,26)(H,22,30)(H,24,27)(H,28,29). The van der Waals surface area contributed by atoms with Crippen LogP contribution in [0.2, 0.25) is 0 Å². The lowest BCUT2D eigenvalue weighted by Gasteiger charge is -2.21. The minimum absolute atomic E-state index is 0.0184. The summed E-state index contributed by atoms with van der Waals surface area (Å²) >= 11 is 0. The highest BCUT2D eigenvalue weighted by atomic mass is 16.5. The molecule has 6 N–H and O–H groups in total. The van der Waals surface area contributed by atoms with E-state index in [4.69, 9.17) is 9.84 Å². The van der Waals surface area contributed by atoms with E-state index in [9.17, 15) is 24.3 Å². The van der Waals surface area contributed by atoms with E-state index in [0.717, 1.165) is 0 Å². The van der Waals surface area contributed by atoms with Crippen molar-refractivity contribution in [1.29, 1.82) is 0 Å². The number of carboxylic acid groups (broad SMARTS) is 1. The quantitative estimate of drug-likeness (QED) is 0.172. The zero-order valence-corrected chi connectivity index (χ0v) is 17.6. The van der Waals surface area contributed by atoms with Crippen molar-refractivity contribution in [2.24, 2.45) is 0 Å². The number of carbonyl (C=O) groups is 4. The van der Waals surface area contributed by atoms with Crippen molar-refractivity contribution in [2.45, 2.75) is 45.4 Å². The zero-order valence-electron chi connectivity index (χ0n) is 17.6. The molecule has 0 aromatic heterocycles. The maximum atomic E-state index is 12.5. The number of rotatable bonds is 14. The van der Waals surface area contributed by atoms with E-state index in [1.54, 1.807) is 24.3 Å². The van der Waals surface area contributed by atoms with Gasteiger partial charge in [0.2, 0.25) is 11.8 Å². The first kappa shape index (κ1) is 25.7. The molecule has 1 rings (SSSR count). The van der Waals surface area contributed by atoms with Gasteiger partial charge >= 0.3 is 5.97 Å². The van der Waals surface area contributed by atoms with Crippen molar-refractivity contribution in [1.82, 2.24) is 16.0 Å². The first-order valence-electron chi connectivity index (χ1n) is 9.88. The summed E-state index contributed by atoms with van der Waals surface area (Å²) in [6.07, 6.45) is -1.73. The van der Waals surface area contributed by atoms with Gasteiger partial charge in [0.05, 0.1) is 19.1 Å². The van der Waals surface area contributed by atoms with E-state index in [0.29, 0.717) is 17.9 Å². The molecule has 0 radical (unpaired) electrons. The molecule has 2 unspecified atom stereocenters. The molecule has 1 aromatic rings. The van der Waals surface area contributed by atoms with Crippen LogP contribution in [0.3, 0.4) is 0 Å². The van der Waals surface area contributed by atoms with Gasteiger partial charge in [-0.1, -0.05) is 0 Å². The molecule has 11 nitrogen and oxygen atoms in total. The number of carbonyl (C=O) groups excluding carboxylic acids is 3. The summed E-state index contributed by atoms with van der Waals surface area (Å²) in [7, 11) is 0. The molecule has 2 atom stereocenters. The van der Waals surface area contributed by atoms with Crippen LogP contribution in [0.5, 0.6) is 5.75 Å². The van der Waals surface area contributed by atoms with E-state index in [1.165, 1.54) is 13.8 Å². The summed E-state index contributed by atoms with van der Waals surface area (Å²) in [4.78, 5) is 45.9. The molecule has 3 amide bonds. The molecule has 1 aromatic carbocycles. The second-order valence-corrected chi connectivity index (χ2v) is 6.84. The highest BCUT2D eigenvalue weighted by molar-refractivity contribution is 5.89. The number of hydrogen-bond acceptors (Lipinski definition) is 7. The number of aliphatic carboxylic acids is 1. The lowest BCUT2D eigenvalue weighted by atomic mass is 10.2. The third kappa shape index (κ3) is 12.1. The SMILES string of the molecule is CC(=O)NCCNC(=O)C(NC(=O)CC(C)O)Nc1ccc(OCCCC(=O)O)cc1. The largest absolute Gasteiger partial charge is 0.494 e. The number of hydrogen-bond donors (Lipinski definition) is 6. The van der Waals surface area contributed by atoms with E-state index in [1.807, 2.05) is 0 Å². The average Bonchev–Trinajstić information content (AvgIpc) is 2.68. The van der Waals surface area contributed by atoms with Gasteiger partial charge in [0.1, 0.15) is 5.75 Å². The second-order valence-electron chi connectivity index (χ2n) is 6.84. The molecular formula is C20H30N4O7. The van der Waals surface area contributed by atoms with Crippen LogP contribution in [0, 0.1) is 0 Å². The van der Waals surface area contributed by atoms with Gasteiger partial charge < -0.3 is 36.2 Å². The molecule has 11 heteroatoms. The topological polar surface area (TPSA) is 166 Å². The molecule has 0 saturated carbocycles. The summed E-state index contributed by atoms with van der Waals surface area (Å²) in [5, 5.41) is 28.6. The van der Waals surface area contributed by atoms with E-state index < -0.39 is 30.1 Å². The van der Waals surface area contributed by atoms with Crippen LogP contribution < -0.4 is 26.0 Å². The lowest BCUT2D eigenvalue weighted by molar-refractivity contribution is -0.137. The Morgan fingerprint density at radius 2 is 1.71 bits per heavy atom. The molecule has 0 spiro atoms. The summed E-state index contributed by atoms with van der Waals surface area (Å²) in [5.74, 6) is -1.60. The Labute approximate surface area is 180 Å². The van der Waals surface area contributed by atoms with Gasteiger partial charge in [0.25, 0.3) is 5.91 Å². The zero-order chi connectivity index (χ0) is 23.2. The van der Waals surface area contributed by atoms with Crippen LogP contribution in [-0.4, -0.2) is 65.9 Å². The van der Waals surface area contributed by atoms with Crippen molar-refractivity contribution in [3.8, 4) is 5.75 Å². The smallest absolute Gasteiger partial charge is 0.303 e. The van der Waals surface area contributed by atoms with Gasteiger partial charge in [-0.05, 0) is 37.6 Å². The molecule has 0 saturated heterocycles. The highest BCUT2D eigenvalue weighted by Crippen LogP contribution is 2.16. The Hall–Kier alpha value is -3.34. The molecule has 0 aliphatic rings. The molecule has 0 fully saturated rings. The van der Waals surface area contributed by atoms with Crippen LogP contribution >= 0.6 is 0 Å². The molecule has 0 aliphatic carbocycles. The van der Waals surface area contributed by atoms with Gasteiger partial charge in [-0.15, -0.1) is 0 Å². The highest BCUT2D eigenvalue weighted by Gasteiger charge is 2.21. The number of nitrogens with one attached hydrogen (secondary N) is 4. The Balaban J connectivity index is 2.67. The molecule has 0 aliphatic heterocycles. The third-order valence-corrected chi connectivity index (χ3v) is 3.82. The summed E-state index contributed by atoms with van der Waals surface area (Å²) in [6.45, 7) is 3.50. The lowest BCUT2D eigenvalue weighted by Crippen LogP contribution is -2.52. The Kier molecular flexibility index (Phi) is 11.4. The summed E-state index contributed by atoms with van der Waals surface area (Å²) in [6, 6.07) is 6.58. The van der Waals surface area contributed by atoms with Gasteiger partial charge in [0, 0.05) is 32.1 Å². The van der Waals surface area contributed by atoms with Crippen LogP contribution in [0.25, 0.3) is 0 Å². The predicted octanol–water partition coefficient (Wildman–Crippen LogP) is -0.192. The van der Waals surface area contributed by atoms with Crippen LogP contribution in [-0.2, 0) is 19.2 Å². The van der Waals surface area contributed by atoms with Crippen molar-refractivity contribution in [3.05, 3.63) is 24.3 Å². The number of aliphatic hydroxyl groups excluding tert-OH is 1. The number of benzene rings is 1. The predicted molar refractivity (Wildman–Crippen MR) is 112 cm³/mol. The Morgan fingerprint density at radius 1 is 1.06 bits per heavy atom. The number of anilines is 1. The van der Waals surface area contributed by atoms with Crippen LogP contribution in [0.4, 0.5) is 5.69 Å². The third-order valence-electron chi connectivity index (χ3n) is 3.82. The first-order valence-corrected chi connectivity index (χ1v) is 9.88. The van der Waals surface area contributed by atoms with Crippen molar-refractivity contribution < 1.29 is 34.1 Å². The minimum atomic E-state index is -1.11. The monoisotopic (exact) mass is 438 g/mol. The second kappa shape index (κ2) is 13.8.